The van der Waals surface area contributed by atoms with Crippen molar-refractivity contribution in [3.05, 3.63) is 66.6 Å². The molecular formula is C15H14N3O+. The van der Waals surface area contributed by atoms with E-state index in [-0.39, 0.29) is 5.91 Å². The second kappa shape index (κ2) is 4.94. The van der Waals surface area contributed by atoms with Crippen LogP contribution in [-0.2, 0) is 11.2 Å². The largest absolute Gasteiger partial charge is 0.361 e. The lowest BCUT2D eigenvalue weighted by atomic mass is 10.1. The zero-order valence-corrected chi connectivity index (χ0v) is 10.3. The molecule has 0 aliphatic heterocycles. The van der Waals surface area contributed by atoms with Crippen molar-refractivity contribution < 1.29 is 9.47 Å². The van der Waals surface area contributed by atoms with E-state index in [1.54, 1.807) is 17.1 Å². The van der Waals surface area contributed by atoms with Gasteiger partial charge >= 0.3 is 0 Å². The van der Waals surface area contributed by atoms with Crippen molar-refractivity contribution in [1.29, 1.82) is 0 Å². The first-order valence-electron chi connectivity index (χ1n) is 6.14. The number of hydrogen-bond acceptors (Lipinski definition) is 1. The predicted octanol–water partition coefficient (Wildman–Crippen LogP) is 1.77. The van der Waals surface area contributed by atoms with Gasteiger partial charge in [-0.3, -0.25) is 4.79 Å². The number of carbonyl (C=O) groups excluding carboxylic acids is 1. The van der Waals surface area contributed by atoms with E-state index in [1.165, 1.54) is 0 Å². The van der Waals surface area contributed by atoms with E-state index in [0.29, 0.717) is 6.42 Å². The highest BCUT2D eigenvalue weighted by Gasteiger charge is 2.11. The number of nitrogens with one attached hydrogen (secondary N) is 2. The van der Waals surface area contributed by atoms with Crippen molar-refractivity contribution in [3.8, 4) is 0 Å². The average Bonchev–Trinajstić information content (AvgIpc) is 2.83. The van der Waals surface area contributed by atoms with Crippen molar-refractivity contribution in [1.82, 2.24) is 4.98 Å². The first kappa shape index (κ1) is 11.5. The van der Waals surface area contributed by atoms with Gasteiger partial charge in [0, 0.05) is 29.2 Å². The topological polar surface area (TPSA) is 48.8 Å². The normalized spacial score (nSPS) is 10.5. The molecule has 1 amide bonds. The summed E-state index contributed by atoms with van der Waals surface area (Å²) in [5.41, 5.74) is 4.87. The van der Waals surface area contributed by atoms with Crippen LogP contribution in [0.15, 0.2) is 61.1 Å². The van der Waals surface area contributed by atoms with Gasteiger partial charge in [-0.2, -0.15) is 0 Å². The minimum atomic E-state index is -0.0408. The van der Waals surface area contributed by atoms with Gasteiger partial charge in [0.25, 0.3) is 5.91 Å². The molecule has 3 aromatic rings. The van der Waals surface area contributed by atoms with E-state index in [4.69, 9.17) is 0 Å². The zero-order valence-electron chi connectivity index (χ0n) is 10.3. The lowest BCUT2D eigenvalue weighted by molar-refractivity contribution is -0.642. The Morgan fingerprint density at radius 1 is 1.11 bits per heavy atom. The molecule has 0 bridgehead atoms. The minimum absolute atomic E-state index is 0.0408. The minimum Gasteiger partial charge on any atom is -0.361 e. The lowest BCUT2D eigenvalue weighted by Crippen LogP contribution is -2.48. The molecule has 0 atom stereocenters. The van der Waals surface area contributed by atoms with Crippen molar-refractivity contribution in [2.45, 2.75) is 6.42 Å². The number of benzene rings is 1. The summed E-state index contributed by atoms with van der Waals surface area (Å²) in [6.07, 6.45) is 5.84. The molecule has 0 radical (unpaired) electrons. The first-order valence-corrected chi connectivity index (χ1v) is 6.14. The molecule has 4 heteroatoms. The summed E-state index contributed by atoms with van der Waals surface area (Å²) in [5, 5.41) is 1.09. The molecule has 19 heavy (non-hydrogen) atoms. The Balaban J connectivity index is 1.76. The summed E-state index contributed by atoms with van der Waals surface area (Å²) in [4.78, 5) is 15.1. The average molecular weight is 252 g/mol. The van der Waals surface area contributed by atoms with Crippen molar-refractivity contribution in [2.75, 3.05) is 5.43 Å². The third-order valence-corrected chi connectivity index (χ3v) is 3.00. The van der Waals surface area contributed by atoms with Gasteiger partial charge in [0.05, 0.1) is 6.42 Å². The van der Waals surface area contributed by atoms with Crippen LogP contribution in [0.3, 0.4) is 0 Å². The van der Waals surface area contributed by atoms with Gasteiger partial charge in [-0.15, -0.1) is 5.43 Å². The number of nitrogens with zero attached hydrogens (tertiary/aromatic N) is 1. The van der Waals surface area contributed by atoms with Gasteiger partial charge in [-0.05, 0) is 11.6 Å². The monoisotopic (exact) mass is 252 g/mol. The van der Waals surface area contributed by atoms with Gasteiger partial charge in [-0.1, -0.05) is 28.9 Å². The van der Waals surface area contributed by atoms with E-state index < -0.39 is 0 Å². The third kappa shape index (κ3) is 2.47. The first-order chi connectivity index (χ1) is 9.33. The van der Waals surface area contributed by atoms with Crippen LogP contribution in [-0.4, -0.2) is 10.9 Å². The maximum Gasteiger partial charge on any atom is 0.279 e. The maximum absolute atomic E-state index is 12.0. The SMILES string of the molecule is O=C(Cc1c[nH]c2ccccc12)N[n+]1ccccc1. The number of aromatic nitrogens is 2. The molecule has 0 fully saturated rings. The summed E-state index contributed by atoms with van der Waals surface area (Å²) >= 11 is 0. The maximum atomic E-state index is 12.0. The number of para-hydroxylation sites is 1. The number of aromatic amines is 1. The fourth-order valence-electron chi connectivity index (χ4n) is 2.11. The molecule has 2 aromatic heterocycles. The van der Waals surface area contributed by atoms with Crippen LogP contribution < -0.4 is 10.1 Å². The van der Waals surface area contributed by atoms with E-state index in [1.807, 2.05) is 48.7 Å². The molecule has 3 rings (SSSR count). The van der Waals surface area contributed by atoms with Crippen LogP contribution in [0.2, 0.25) is 0 Å². The highest BCUT2D eigenvalue weighted by atomic mass is 16.2. The Bertz CT molecular complexity index is 703. The van der Waals surface area contributed by atoms with E-state index in [2.05, 4.69) is 10.4 Å². The molecule has 0 aliphatic carbocycles. The number of pyridine rings is 1. The smallest absolute Gasteiger partial charge is 0.279 e. The van der Waals surface area contributed by atoms with Crippen LogP contribution >= 0.6 is 0 Å². The van der Waals surface area contributed by atoms with Gasteiger partial charge in [-0.25, -0.2) is 0 Å². The number of fused-ring (bicyclic) bond motifs is 1. The van der Waals surface area contributed by atoms with Crippen molar-refractivity contribution in [3.63, 3.8) is 0 Å². The summed E-state index contributed by atoms with van der Waals surface area (Å²) < 4.78 is 1.65. The second-order valence-electron chi connectivity index (χ2n) is 4.35. The molecule has 0 aliphatic rings. The quantitative estimate of drug-likeness (QED) is 0.686. The molecular weight excluding hydrogens is 238 g/mol. The highest BCUT2D eigenvalue weighted by Crippen LogP contribution is 2.17. The predicted molar refractivity (Wildman–Crippen MR) is 73.0 cm³/mol. The van der Waals surface area contributed by atoms with Gasteiger partial charge in [0.1, 0.15) is 0 Å². The highest BCUT2D eigenvalue weighted by molar-refractivity contribution is 5.91. The molecule has 94 valence electrons. The van der Waals surface area contributed by atoms with Crippen LogP contribution in [0.4, 0.5) is 0 Å². The molecule has 1 aromatic carbocycles. The Kier molecular flexibility index (Phi) is 2.98. The summed E-state index contributed by atoms with van der Waals surface area (Å²) in [7, 11) is 0. The summed E-state index contributed by atoms with van der Waals surface area (Å²) in [6, 6.07) is 13.6. The zero-order chi connectivity index (χ0) is 13.1. The Morgan fingerprint density at radius 3 is 2.74 bits per heavy atom. The van der Waals surface area contributed by atoms with Crippen molar-refractivity contribution >= 4 is 16.8 Å². The molecule has 0 unspecified atom stereocenters. The van der Waals surface area contributed by atoms with Crippen LogP contribution in [0.5, 0.6) is 0 Å². The van der Waals surface area contributed by atoms with Gasteiger partial charge < -0.3 is 4.98 Å². The third-order valence-electron chi connectivity index (χ3n) is 3.00. The molecule has 0 spiro atoms. The number of amides is 1. The summed E-state index contributed by atoms with van der Waals surface area (Å²) in [5.74, 6) is -0.0408. The standard InChI is InChI=1S/C15H13N3O/c19-15(17-18-8-4-1-5-9-18)10-12-11-16-14-7-3-2-6-13(12)14/h1-9,11,16H,10H2/p+1. The fourth-order valence-corrected chi connectivity index (χ4v) is 2.11. The van der Waals surface area contributed by atoms with E-state index in [9.17, 15) is 4.79 Å². The Labute approximate surface area is 110 Å². The number of H-pyrrole nitrogens is 1. The fraction of sp³-hybridized carbons (Fsp3) is 0.0667. The van der Waals surface area contributed by atoms with Crippen LogP contribution in [0, 0.1) is 0 Å². The summed E-state index contributed by atoms with van der Waals surface area (Å²) in [6.45, 7) is 0. The van der Waals surface area contributed by atoms with Crippen molar-refractivity contribution in [2.24, 2.45) is 0 Å². The van der Waals surface area contributed by atoms with E-state index >= 15 is 0 Å². The van der Waals surface area contributed by atoms with E-state index in [0.717, 1.165) is 16.5 Å². The molecule has 4 nitrogen and oxygen atoms in total. The van der Waals surface area contributed by atoms with Gasteiger partial charge in [0.15, 0.2) is 12.4 Å². The number of rotatable bonds is 3. The second-order valence-corrected chi connectivity index (χ2v) is 4.35. The number of hydrogen-bond donors (Lipinski definition) is 2. The Morgan fingerprint density at radius 2 is 1.89 bits per heavy atom. The Hall–Kier alpha value is -2.62. The van der Waals surface area contributed by atoms with Crippen LogP contribution in [0.1, 0.15) is 5.56 Å². The molecule has 0 saturated heterocycles. The molecule has 2 N–H and O–H groups in total. The molecule has 2 heterocycles. The lowest BCUT2D eigenvalue weighted by Gasteiger charge is -1.99. The number of carbonyl (C=O) groups is 1. The van der Waals surface area contributed by atoms with Gasteiger partial charge in [0.2, 0.25) is 0 Å². The van der Waals surface area contributed by atoms with Crippen LogP contribution in [0.25, 0.3) is 10.9 Å². The molecule has 0 saturated carbocycles.